The standard InChI is InChI=1S/C16H25NO/c1-4-16(3)9-11-17(12-10-16)15-7-5-14(6-8-15)13(2)18/h5-8,13,18H,4,9-12H2,1-3H3/t13-/m1/s1. The second-order valence-electron chi connectivity index (χ2n) is 5.92. The van der Waals surface area contributed by atoms with Gasteiger partial charge < -0.3 is 10.0 Å². The number of benzene rings is 1. The van der Waals surface area contributed by atoms with Crippen molar-refractivity contribution in [3.63, 3.8) is 0 Å². The Labute approximate surface area is 111 Å². The second-order valence-corrected chi connectivity index (χ2v) is 5.92. The average molecular weight is 247 g/mol. The summed E-state index contributed by atoms with van der Waals surface area (Å²) in [5, 5.41) is 9.51. The molecule has 1 aliphatic heterocycles. The molecule has 100 valence electrons. The Kier molecular flexibility index (Phi) is 3.96. The number of piperidine rings is 1. The van der Waals surface area contributed by atoms with Crippen LogP contribution in [0, 0.1) is 5.41 Å². The van der Waals surface area contributed by atoms with E-state index >= 15 is 0 Å². The molecule has 2 rings (SSSR count). The smallest absolute Gasteiger partial charge is 0.0761 e. The van der Waals surface area contributed by atoms with Crippen molar-refractivity contribution < 1.29 is 5.11 Å². The molecule has 1 saturated heterocycles. The number of rotatable bonds is 3. The molecule has 0 aromatic heterocycles. The van der Waals surface area contributed by atoms with Gasteiger partial charge in [-0.05, 0) is 42.9 Å². The molecular formula is C16H25NO. The van der Waals surface area contributed by atoms with Crippen molar-refractivity contribution in [2.24, 2.45) is 5.41 Å². The molecule has 1 N–H and O–H groups in total. The van der Waals surface area contributed by atoms with E-state index in [1.54, 1.807) is 0 Å². The van der Waals surface area contributed by atoms with Gasteiger partial charge in [0.2, 0.25) is 0 Å². The number of hydrogen-bond acceptors (Lipinski definition) is 2. The zero-order valence-corrected chi connectivity index (χ0v) is 11.8. The summed E-state index contributed by atoms with van der Waals surface area (Å²) in [6.07, 6.45) is 3.47. The highest BCUT2D eigenvalue weighted by Crippen LogP contribution is 2.35. The maximum absolute atomic E-state index is 9.51. The van der Waals surface area contributed by atoms with Crippen LogP contribution < -0.4 is 4.90 Å². The maximum atomic E-state index is 9.51. The van der Waals surface area contributed by atoms with E-state index in [4.69, 9.17) is 0 Å². The van der Waals surface area contributed by atoms with Crippen molar-refractivity contribution in [2.45, 2.75) is 46.1 Å². The summed E-state index contributed by atoms with van der Waals surface area (Å²) in [5.74, 6) is 0. The highest BCUT2D eigenvalue weighted by molar-refractivity contribution is 5.48. The van der Waals surface area contributed by atoms with E-state index in [1.807, 2.05) is 19.1 Å². The molecule has 18 heavy (non-hydrogen) atoms. The Balaban J connectivity index is 2.01. The molecule has 0 amide bonds. The van der Waals surface area contributed by atoms with Crippen LogP contribution in [0.25, 0.3) is 0 Å². The molecule has 0 aliphatic carbocycles. The zero-order valence-electron chi connectivity index (χ0n) is 11.8. The van der Waals surface area contributed by atoms with E-state index in [-0.39, 0.29) is 6.10 Å². The molecule has 0 saturated carbocycles. The van der Waals surface area contributed by atoms with Crippen molar-refractivity contribution in [3.8, 4) is 0 Å². The lowest BCUT2D eigenvalue weighted by Gasteiger charge is -2.40. The van der Waals surface area contributed by atoms with Gasteiger partial charge in [0.05, 0.1) is 6.10 Å². The summed E-state index contributed by atoms with van der Waals surface area (Å²) in [5.41, 5.74) is 2.82. The van der Waals surface area contributed by atoms with Crippen molar-refractivity contribution in [3.05, 3.63) is 29.8 Å². The molecular weight excluding hydrogens is 222 g/mol. The second kappa shape index (κ2) is 5.31. The van der Waals surface area contributed by atoms with Crippen LogP contribution in [0.4, 0.5) is 5.69 Å². The lowest BCUT2D eigenvalue weighted by Crippen LogP contribution is -2.38. The molecule has 0 spiro atoms. The Morgan fingerprint density at radius 1 is 1.22 bits per heavy atom. The molecule has 1 aromatic carbocycles. The molecule has 1 heterocycles. The third-order valence-electron chi connectivity index (χ3n) is 4.56. The van der Waals surface area contributed by atoms with E-state index in [1.165, 1.54) is 24.9 Å². The van der Waals surface area contributed by atoms with Crippen LogP contribution in [0.1, 0.15) is 51.7 Å². The van der Waals surface area contributed by atoms with E-state index in [0.29, 0.717) is 5.41 Å². The summed E-state index contributed by atoms with van der Waals surface area (Å²) in [4.78, 5) is 2.46. The normalized spacial score (nSPS) is 20.8. The van der Waals surface area contributed by atoms with Crippen LogP contribution in [-0.4, -0.2) is 18.2 Å². The largest absolute Gasteiger partial charge is 0.389 e. The Bertz CT molecular complexity index is 375. The van der Waals surface area contributed by atoms with E-state index in [2.05, 4.69) is 30.9 Å². The Morgan fingerprint density at radius 3 is 2.22 bits per heavy atom. The zero-order chi connectivity index (χ0) is 13.2. The first kappa shape index (κ1) is 13.4. The molecule has 1 aromatic rings. The molecule has 0 unspecified atom stereocenters. The molecule has 1 atom stereocenters. The summed E-state index contributed by atoms with van der Waals surface area (Å²) in [6.45, 7) is 8.81. The van der Waals surface area contributed by atoms with Gasteiger partial charge in [-0.25, -0.2) is 0 Å². The number of nitrogens with zero attached hydrogens (tertiary/aromatic N) is 1. The van der Waals surface area contributed by atoms with Gasteiger partial charge in [0.25, 0.3) is 0 Å². The van der Waals surface area contributed by atoms with Crippen LogP contribution in [0.5, 0.6) is 0 Å². The van der Waals surface area contributed by atoms with Gasteiger partial charge in [-0.2, -0.15) is 0 Å². The molecule has 0 radical (unpaired) electrons. The highest BCUT2D eigenvalue weighted by atomic mass is 16.3. The van der Waals surface area contributed by atoms with Gasteiger partial charge in [-0.1, -0.05) is 32.4 Å². The van der Waals surface area contributed by atoms with Crippen LogP contribution in [0.3, 0.4) is 0 Å². The van der Waals surface area contributed by atoms with Crippen molar-refractivity contribution in [1.29, 1.82) is 0 Å². The van der Waals surface area contributed by atoms with Gasteiger partial charge in [-0.3, -0.25) is 0 Å². The average Bonchev–Trinajstić information content (AvgIpc) is 2.40. The molecule has 1 aliphatic rings. The van der Waals surface area contributed by atoms with Crippen LogP contribution in [0.2, 0.25) is 0 Å². The fourth-order valence-electron chi connectivity index (χ4n) is 2.62. The lowest BCUT2D eigenvalue weighted by atomic mass is 9.78. The first-order valence-corrected chi connectivity index (χ1v) is 7.07. The van der Waals surface area contributed by atoms with Gasteiger partial charge in [0.1, 0.15) is 0 Å². The molecule has 0 bridgehead atoms. The maximum Gasteiger partial charge on any atom is 0.0761 e. The first-order valence-electron chi connectivity index (χ1n) is 7.07. The predicted molar refractivity (Wildman–Crippen MR) is 76.9 cm³/mol. The fraction of sp³-hybridized carbons (Fsp3) is 0.625. The molecule has 2 heteroatoms. The van der Waals surface area contributed by atoms with Crippen LogP contribution in [-0.2, 0) is 0 Å². The number of hydrogen-bond donors (Lipinski definition) is 1. The predicted octanol–water partition coefficient (Wildman–Crippen LogP) is 3.76. The quantitative estimate of drug-likeness (QED) is 0.879. The molecule has 2 nitrogen and oxygen atoms in total. The summed E-state index contributed by atoms with van der Waals surface area (Å²) < 4.78 is 0. The third-order valence-corrected chi connectivity index (χ3v) is 4.56. The van der Waals surface area contributed by atoms with Crippen molar-refractivity contribution in [1.82, 2.24) is 0 Å². The van der Waals surface area contributed by atoms with Crippen molar-refractivity contribution in [2.75, 3.05) is 18.0 Å². The lowest BCUT2D eigenvalue weighted by molar-refractivity contribution is 0.199. The van der Waals surface area contributed by atoms with Crippen molar-refractivity contribution >= 4 is 5.69 Å². The third kappa shape index (κ3) is 2.86. The summed E-state index contributed by atoms with van der Waals surface area (Å²) >= 11 is 0. The fourth-order valence-corrected chi connectivity index (χ4v) is 2.62. The number of anilines is 1. The summed E-state index contributed by atoms with van der Waals surface area (Å²) in [6, 6.07) is 8.34. The van der Waals surface area contributed by atoms with Crippen LogP contribution in [0.15, 0.2) is 24.3 Å². The first-order chi connectivity index (χ1) is 8.54. The molecule has 1 fully saturated rings. The van der Waals surface area contributed by atoms with Gasteiger partial charge >= 0.3 is 0 Å². The van der Waals surface area contributed by atoms with Gasteiger partial charge in [0, 0.05) is 18.8 Å². The number of aliphatic hydroxyl groups is 1. The van der Waals surface area contributed by atoms with E-state index in [9.17, 15) is 5.11 Å². The summed E-state index contributed by atoms with van der Waals surface area (Å²) in [7, 11) is 0. The highest BCUT2D eigenvalue weighted by Gasteiger charge is 2.28. The Morgan fingerprint density at radius 2 is 1.78 bits per heavy atom. The minimum absolute atomic E-state index is 0.371. The topological polar surface area (TPSA) is 23.5 Å². The van der Waals surface area contributed by atoms with Gasteiger partial charge in [-0.15, -0.1) is 0 Å². The van der Waals surface area contributed by atoms with E-state index < -0.39 is 0 Å². The SMILES string of the molecule is CCC1(C)CCN(c2ccc([C@@H](C)O)cc2)CC1. The Hall–Kier alpha value is -1.02. The van der Waals surface area contributed by atoms with Gasteiger partial charge in [0.15, 0.2) is 0 Å². The number of aliphatic hydroxyl groups excluding tert-OH is 1. The van der Waals surface area contributed by atoms with E-state index in [0.717, 1.165) is 18.7 Å². The minimum atomic E-state index is -0.371. The monoisotopic (exact) mass is 247 g/mol. The minimum Gasteiger partial charge on any atom is -0.389 e. The van der Waals surface area contributed by atoms with Crippen LogP contribution >= 0.6 is 0 Å².